The Labute approximate surface area is 131 Å². The molecule has 6 heteroatoms. The van der Waals surface area contributed by atoms with Crippen molar-refractivity contribution < 1.29 is 26.3 Å². The number of aryl methyl sites for hydroxylation is 2. The zero-order valence-electron chi connectivity index (χ0n) is 12.2. The summed E-state index contributed by atoms with van der Waals surface area (Å²) in [6.07, 6.45) is 4.54. The van der Waals surface area contributed by atoms with Crippen molar-refractivity contribution in [2.24, 2.45) is 0 Å². The van der Waals surface area contributed by atoms with Gasteiger partial charge in [0, 0.05) is 38.3 Å². The third kappa shape index (κ3) is 5.56. The first-order valence-electron chi connectivity index (χ1n) is 6.82. The number of hydrogen-bond acceptors (Lipinski definition) is 3. The van der Waals surface area contributed by atoms with E-state index < -0.39 is 0 Å². The summed E-state index contributed by atoms with van der Waals surface area (Å²) in [6, 6.07) is 4.11. The van der Waals surface area contributed by atoms with Crippen LogP contribution in [-0.4, -0.2) is 49.0 Å². The summed E-state index contributed by atoms with van der Waals surface area (Å²) in [4.78, 5) is 14.1. The van der Waals surface area contributed by atoms with Crippen molar-refractivity contribution >= 4 is 5.91 Å². The van der Waals surface area contributed by atoms with Gasteiger partial charge in [-0.3, -0.25) is 10.2 Å². The standard InChI is InChI=1S/C14H22N4O.BrH/c1-13-3-6-17(7-4-13)8-5-14(19)15-18-11-9-16(2)10-12-18;/h3-4,6-7H,5,8-12H2,1-2H3;1H. The van der Waals surface area contributed by atoms with E-state index in [9.17, 15) is 4.79 Å². The summed E-state index contributed by atoms with van der Waals surface area (Å²) in [5, 5.41) is 2.02. The topological polar surface area (TPSA) is 39.5 Å². The van der Waals surface area contributed by atoms with E-state index in [1.165, 1.54) is 5.56 Å². The summed E-state index contributed by atoms with van der Waals surface area (Å²) in [5.74, 6) is 0.0950. The van der Waals surface area contributed by atoms with Crippen LogP contribution >= 0.6 is 0 Å². The molecule has 1 aromatic heterocycles. The van der Waals surface area contributed by atoms with Crippen molar-refractivity contribution in [1.29, 1.82) is 0 Å². The molecule has 1 aliphatic heterocycles. The second-order valence-electron chi connectivity index (χ2n) is 5.19. The van der Waals surface area contributed by atoms with Crippen LogP contribution in [0, 0.1) is 6.92 Å². The Kier molecular flexibility index (Phi) is 7.12. The molecule has 1 saturated heterocycles. The highest BCUT2D eigenvalue weighted by molar-refractivity contribution is 5.75. The molecule has 2 rings (SSSR count). The number of rotatable bonds is 4. The van der Waals surface area contributed by atoms with Gasteiger partial charge in [0.25, 0.3) is 0 Å². The van der Waals surface area contributed by atoms with Crippen LogP contribution < -0.4 is 27.0 Å². The minimum atomic E-state index is 0. The molecule has 0 bridgehead atoms. The summed E-state index contributed by atoms with van der Waals surface area (Å²) in [5.41, 5.74) is 4.21. The van der Waals surface area contributed by atoms with Crippen LogP contribution in [0.15, 0.2) is 24.5 Å². The van der Waals surface area contributed by atoms with Crippen molar-refractivity contribution in [2.75, 3.05) is 33.2 Å². The van der Waals surface area contributed by atoms with Crippen LogP contribution in [-0.2, 0) is 11.3 Å². The molecule has 1 aromatic rings. The van der Waals surface area contributed by atoms with Crippen LogP contribution in [0.3, 0.4) is 0 Å². The summed E-state index contributed by atoms with van der Waals surface area (Å²) in [6.45, 7) is 6.60. The van der Waals surface area contributed by atoms with Crippen LogP contribution in [0.4, 0.5) is 0 Å². The number of aromatic nitrogens is 1. The first-order chi connectivity index (χ1) is 9.13. The zero-order valence-corrected chi connectivity index (χ0v) is 13.8. The normalized spacial score (nSPS) is 16.5. The molecule has 1 N–H and O–H groups in total. The van der Waals surface area contributed by atoms with E-state index >= 15 is 0 Å². The van der Waals surface area contributed by atoms with Crippen LogP contribution in [0.1, 0.15) is 12.0 Å². The van der Waals surface area contributed by atoms with Gasteiger partial charge in [-0.2, -0.15) is 0 Å². The van der Waals surface area contributed by atoms with Gasteiger partial charge in [-0.25, -0.2) is 9.58 Å². The Morgan fingerprint density at radius 1 is 1.25 bits per heavy atom. The molecule has 0 radical (unpaired) electrons. The van der Waals surface area contributed by atoms with Crippen LogP contribution in [0.25, 0.3) is 0 Å². The molecule has 1 amide bonds. The summed E-state index contributed by atoms with van der Waals surface area (Å²) in [7, 11) is 2.10. The first-order valence-corrected chi connectivity index (χ1v) is 6.82. The molecule has 1 aliphatic rings. The largest absolute Gasteiger partial charge is 1.00 e. The van der Waals surface area contributed by atoms with Crippen molar-refractivity contribution in [2.45, 2.75) is 19.9 Å². The van der Waals surface area contributed by atoms with Crippen LogP contribution in [0.2, 0.25) is 0 Å². The number of hydrazine groups is 1. The maximum absolute atomic E-state index is 11.9. The lowest BCUT2D eigenvalue weighted by Crippen LogP contribution is -3.00. The predicted molar refractivity (Wildman–Crippen MR) is 73.2 cm³/mol. The quantitative estimate of drug-likeness (QED) is 0.591. The van der Waals surface area contributed by atoms with Gasteiger partial charge in [-0.15, -0.1) is 0 Å². The number of halogens is 1. The van der Waals surface area contributed by atoms with Crippen molar-refractivity contribution in [1.82, 2.24) is 15.3 Å². The smallest absolute Gasteiger partial charge is 0.240 e. The van der Waals surface area contributed by atoms with Gasteiger partial charge >= 0.3 is 0 Å². The monoisotopic (exact) mass is 342 g/mol. The lowest BCUT2D eigenvalue weighted by Gasteiger charge is -2.32. The molecule has 0 spiro atoms. The Hall–Kier alpha value is -0.980. The van der Waals surface area contributed by atoms with E-state index in [0.717, 1.165) is 32.7 Å². The summed E-state index contributed by atoms with van der Waals surface area (Å²) < 4.78 is 2.04. The molecule has 20 heavy (non-hydrogen) atoms. The number of nitrogens with one attached hydrogen (secondary N) is 1. The van der Waals surface area contributed by atoms with E-state index in [4.69, 9.17) is 0 Å². The van der Waals surface area contributed by atoms with Gasteiger partial charge in [0.1, 0.15) is 0 Å². The van der Waals surface area contributed by atoms with Gasteiger partial charge in [0.2, 0.25) is 5.91 Å². The Morgan fingerprint density at radius 3 is 2.45 bits per heavy atom. The fourth-order valence-electron chi connectivity index (χ4n) is 2.06. The Morgan fingerprint density at radius 2 is 1.85 bits per heavy atom. The predicted octanol–water partition coefficient (Wildman–Crippen LogP) is -3.04. The van der Waals surface area contributed by atoms with Gasteiger partial charge in [-0.05, 0) is 19.5 Å². The maximum atomic E-state index is 11.9. The number of hydrogen-bond donors (Lipinski definition) is 1. The lowest BCUT2D eigenvalue weighted by atomic mass is 10.3. The van der Waals surface area contributed by atoms with Crippen molar-refractivity contribution in [3.63, 3.8) is 0 Å². The van der Waals surface area contributed by atoms with Gasteiger partial charge in [-0.1, -0.05) is 0 Å². The zero-order chi connectivity index (χ0) is 13.7. The molecule has 5 nitrogen and oxygen atoms in total. The van der Waals surface area contributed by atoms with Crippen molar-refractivity contribution in [3.8, 4) is 0 Å². The lowest BCUT2D eigenvalue weighted by molar-refractivity contribution is -0.695. The maximum Gasteiger partial charge on any atom is 0.240 e. The molecule has 0 unspecified atom stereocenters. The number of pyridine rings is 1. The average molecular weight is 343 g/mol. The van der Waals surface area contributed by atoms with Gasteiger partial charge < -0.3 is 21.9 Å². The summed E-state index contributed by atoms with van der Waals surface area (Å²) >= 11 is 0. The molecular formula is C14H23BrN4O. The first kappa shape index (κ1) is 17.1. The Balaban J connectivity index is 0.00000200. The second kappa shape index (κ2) is 8.34. The van der Waals surface area contributed by atoms with E-state index in [1.807, 2.05) is 22.0 Å². The molecule has 0 aromatic carbocycles. The number of carbonyl (C=O) groups excluding carboxylic acids is 1. The molecule has 0 saturated carbocycles. The SMILES string of the molecule is Cc1cc[n+](CCC(=O)NN2CCN(C)CC2)cc1.[Br-]. The minimum Gasteiger partial charge on any atom is -1.00 e. The molecule has 2 heterocycles. The van der Waals surface area contributed by atoms with E-state index in [2.05, 4.69) is 36.4 Å². The fourth-order valence-corrected chi connectivity index (χ4v) is 2.06. The van der Waals surface area contributed by atoms with Gasteiger partial charge in [0.15, 0.2) is 18.9 Å². The number of likely N-dealkylation sites (N-methyl/N-ethyl adjacent to an activating group) is 1. The van der Waals surface area contributed by atoms with Gasteiger partial charge in [0.05, 0.1) is 6.42 Å². The number of carbonyl (C=O) groups is 1. The average Bonchev–Trinajstić information content (AvgIpc) is 2.41. The number of amides is 1. The Bertz CT molecular complexity index is 416. The second-order valence-corrected chi connectivity index (χ2v) is 5.19. The molecular weight excluding hydrogens is 320 g/mol. The number of nitrogens with zero attached hydrogens (tertiary/aromatic N) is 3. The highest BCUT2D eigenvalue weighted by atomic mass is 79.9. The molecule has 0 atom stereocenters. The highest BCUT2D eigenvalue weighted by Crippen LogP contribution is 1.96. The third-order valence-corrected chi connectivity index (χ3v) is 3.44. The highest BCUT2D eigenvalue weighted by Gasteiger charge is 2.16. The van der Waals surface area contributed by atoms with E-state index in [-0.39, 0.29) is 22.9 Å². The van der Waals surface area contributed by atoms with E-state index in [0.29, 0.717) is 6.42 Å². The molecule has 1 fully saturated rings. The molecule has 0 aliphatic carbocycles. The minimum absolute atomic E-state index is 0. The van der Waals surface area contributed by atoms with E-state index in [1.54, 1.807) is 0 Å². The molecule has 112 valence electrons. The van der Waals surface area contributed by atoms with Crippen LogP contribution in [0.5, 0.6) is 0 Å². The van der Waals surface area contributed by atoms with Crippen molar-refractivity contribution in [3.05, 3.63) is 30.1 Å². The number of piperazine rings is 1. The third-order valence-electron chi connectivity index (χ3n) is 3.44. The fraction of sp³-hybridized carbons (Fsp3) is 0.571.